The van der Waals surface area contributed by atoms with E-state index < -0.39 is 30.0 Å². The molecule has 138 valence electrons. The summed E-state index contributed by atoms with van der Waals surface area (Å²) in [6, 6.07) is 5.84. The number of nitrogens with zero attached hydrogens (tertiary/aromatic N) is 1. The number of benzene rings is 1. The van der Waals surface area contributed by atoms with Crippen molar-refractivity contribution in [3.63, 3.8) is 0 Å². The molecule has 1 saturated carbocycles. The second-order valence-corrected chi connectivity index (χ2v) is 6.56. The van der Waals surface area contributed by atoms with Gasteiger partial charge >= 0.3 is 5.97 Å². The first kappa shape index (κ1) is 18.3. The molecule has 6 nitrogen and oxygen atoms in total. The molecule has 3 atom stereocenters. The second kappa shape index (κ2) is 7.80. The number of halogens is 1. The normalized spacial score (nSPS) is 22.7. The molecule has 1 aromatic heterocycles. The van der Waals surface area contributed by atoms with Gasteiger partial charge in [-0.3, -0.25) is 4.98 Å². The highest BCUT2D eigenvalue weighted by Crippen LogP contribution is 2.26. The summed E-state index contributed by atoms with van der Waals surface area (Å²) in [5.41, 5.74) is 7.41. The van der Waals surface area contributed by atoms with Gasteiger partial charge in [-0.1, -0.05) is 6.07 Å². The number of pyridine rings is 1. The van der Waals surface area contributed by atoms with Gasteiger partial charge in [0.2, 0.25) is 0 Å². The third kappa shape index (κ3) is 4.00. The van der Waals surface area contributed by atoms with Crippen LogP contribution >= 0.6 is 0 Å². The largest absolute Gasteiger partial charge is 0.456 e. The van der Waals surface area contributed by atoms with E-state index in [2.05, 4.69) is 10.3 Å². The number of esters is 1. The fraction of sp³-hybridized carbons (Fsp3) is 0.368. The van der Waals surface area contributed by atoms with Crippen molar-refractivity contribution in [1.29, 1.82) is 0 Å². The van der Waals surface area contributed by atoms with E-state index in [4.69, 9.17) is 10.5 Å². The predicted octanol–water partition coefficient (Wildman–Crippen LogP) is 2.67. The molecule has 3 unspecified atom stereocenters. The highest BCUT2D eigenvalue weighted by molar-refractivity contribution is 5.96. The zero-order chi connectivity index (χ0) is 18.7. The number of aliphatic hydroxyl groups excluding tert-OH is 1. The van der Waals surface area contributed by atoms with Crippen LogP contribution in [-0.4, -0.2) is 34.3 Å². The Morgan fingerprint density at radius 2 is 2.15 bits per heavy atom. The van der Waals surface area contributed by atoms with Crippen molar-refractivity contribution < 1.29 is 19.0 Å². The molecule has 0 spiro atoms. The third-order valence-corrected chi connectivity index (χ3v) is 4.54. The van der Waals surface area contributed by atoms with Gasteiger partial charge in [-0.05, 0) is 49.9 Å². The lowest BCUT2D eigenvalue weighted by atomic mass is 9.90. The Bertz CT molecular complexity index is 799. The highest BCUT2D eigenvalue weighted by atomic mass is 19.1. The Kier molecular flexibility index (Phi) is 5.49. The second-order valence-electron chi connectivity index (χ2n) is 6.56. The fourth-order valence-corrected chi connectivity index (χ4v) is 3.04. The van der Waals surface area contributed by atoms with Gasteiger partial charge in [0, 0.05) is 12.2 Å². The molecule has 4 N–H and O–H groups in total. The number of nitrogens with two attached hydrogens (primary N) is 1. The molecule has 0 aliphatic heterocycles. The maximum atomic E-state index is 14.1. The van der Waals surface area contributed by atoms with Crippen LogP contribution in [0, 0.1) is 12.7 Å². The number of aryl methyl sites for hydroxylation is 1. The molecular formula is C19H22FN3O3. The maximum Gasteiger partial charge on any atom is 0.340 e. The summed E-state index contributed by atoms with van der Waals surface area (Å²) in [6.07, 6.45) is 3.38. The van der Waals surface area contributed by atoms with Crippen molar-refractivity contribution in [2.75, 3.05) is 5.32 Å². The monoisotopic (exact) mass is 359 g/mol. The number of hydrogen-bond donors (Lipinski definition) is 3. The molecule has 1 aliphatic rings. The minimum absolute atomic E-state index is 0.214. The first-order chi connectivity index (χ1) is 12.5. The first-order valence-corrected chi connectivity index (χ1v) is 8.57. The van der Waals surface area contributed by atoms with Gasteiger partial charge in [0.25, 0.3) is 0 Å². The zero-order valence-corrected chi connectivity index (χ0v) is 14.5. The van der Waals surface area contributed by atoms with E-state index in [1.807, 2.05) is 0 Å². The average molecular weight is 359 g/mol. The van der Waals surface area contributed by atoms with Gasteiger partial charge in [-0.2, -0.15) is 0 Å². The van der Waals surface area contributed by atoms with Gasteiger partial charge in [0.15, 0.2) is 0 Å². The molecule has 26 heavy (non-hydrogen) atoms. The number of aromatic nitrogens is 1. The molecule has 0 bridgehead atoms. The van der Waals surface area contributed by atoms with Crippen LogP contribution in [0.4, 0.5) is 15.8 Å². The molecule has 1 fully saturated rings. The standard InChI is InChI=1S/C19H22FN3O3/c1-11-5-6-15(13(20)9-11)23-16-10-22-8-7-12(16)19(25)26-17-4-2-3-14(21)18(17)24/h5-10,14,17-18,23-24H,2-4,21H2,1H3. The van der Waals surface area contributed by atoms with E-state index in [1.165, 1.54) is 24.5 Å². The van der Waals surface area contributed by atoms with Crippen molar-refractivity contribution in [2.45, 2.75) is 44.4 Å². The maximum absolute atomic E-state index is 14.1. The van der Waals surface area contributed by atoms with Crippen LogP contribution in [0.5, 0.6) is 0 Å². The van der Waals surface area contributed by atoms with E-state index >= 15 is 0 Å². The topological polar surface area (TPSA) is 97.5 Å². The number of aliphatic hydroxyl groups is 1. The van der Waals surface area contributed by atoms with Gasteiger partial charge in [0.05, 0.1) is 23.1 Å². The first-order valence-electron chi connectivity index (χ1n) is 8.57. The smallest absolute Gasteiger partial charge is 0.340 e. The van der Waals surface area contributed by atoms with E-state index in [9.17, 15) is 14.3 Å². The Balaban J connectivity index is 1.79. The molecule has 1 aliphatic carbocycles. The molecule has 1 aromatic carbocycles. The molecule has 1 heterocycles. The summed E-state index contributed by atoms with van der Waals surface area (Å²) in [4.78, 5) is 16.6. The van der Waals surface area contributed by atoms with Crippen molar-refractivity contribution in [1.82, 2.24) is 4.98 Å². The number of hydrogen-bond acceptors (Lipinski definition) is 6. The van der Waals surface area contributed by atoms with Gasteiger partial charge in [0.1, 0.15) is 18.0 Å². The van der Waals surface area contributed by atoms with Crippen LogP contribution in [-0.2, 0) is 4.74 Å². The predicted molar refractivity (Wildman–Crippen MR) is 95.7 cm³/mol. The van der Waals surface area contributed by atoms with E-state index in [1.54, 1.807) is 19.1 Å². The minimum atomic E-state index is -0.888. The number of anilines is 2. The van der Waals surface area contributed by atoms with Crippen LogP contribution in [0.1, 0.15) is 35.2 Å². The number of carbonyl (C=O) groups excluding carboxylic acids is 1. The summed E-state index contributed by atoms with van der Waals surface area (Å²) >= 11 is 0. The van der Waals surface area contributed by atoms with Crippen LogP contribution in [0.25, 0.3) is 0 Å². The summed E-state index contributed by atoms with van der Waals surface area (Å²) < 4.78 is 19.5. The van der Waals surface area contributed by atoms with Gasteiger partial charge in [-0.25, -0.2) is 9.18 Å². The summed E-state index contributed by atoms with van der Waals surface area (Å²) in [5, 5.41) is 13.0. The van der Waals surface area contributed by atoms with Crippen LogP contribution in [0.3, 0.4) is 0 Å². The summed E-state index contributed by atoms with van der Waals surface area (Å²) in [5.74, 6) is -1.04. The number of ether oxygens (including phenoxy) is 1. The molecule has 7 heteroatoms. The van der Waals surface area contributed by atoms with Crippen LogP contribution < -0.4 is 11.1 Å². The van der Waals surface area contributed by atoms with E-state index in [0.29, 0.717) is 18.5 Å². The van der Waals surface area contributed by atoms with Crippen LogP contribution in [0.15, 0.2) is 36.7 Å². The van der Waals surface area contributed by atoms with Gasteiger partial charge in [-0.15, -0.1) is 0 Å². The third-order valence-electron chi connectivity index (χ3n) is 4.54. The SMILES string of the molecule is Cc1ccc(Nc2cnccc2C(=O)OC2CCCC(N)C2O)c(F)c1. The Labute approximate surface area is 151 Å². The molecule has 0 radical (unpaired) electrons. The molecule has 0 saturated heterocycles. The van der Waals surface area contributed by atoms with Crippen LogP contribution in [0.2, 0.25) is 0 Å². The van der Waals surface area contributed by atoms with Crippen molar-refractivity contribution in [3.8, 4) is 0 Å². The van der Waals surface area contributed by atoms with Crippen molar-refractivity contribution in [2.24, 2.45) is 5.73 Å². The lowest BCUT2D eigenvalue weighted by Crippen LogP contribution is -2.48. The zero-order valence-electron chi connectivity index (χ0n) is 14.5. The number of carbonyl (C=O) groups is 1. The molecule has 0 amide bonds. The number of rotatable bonds is 4. The molecule has 3 rings (SSSR count). The fourth-order valence-electron chi connectivity index (χ4n) is 3.04. The van der Waals surface area contributed by atoms with E-state index in [0.717, 1.165) is 12.0 Å². The van der Waals surface area contributed by atoms with Gasteiger partial charge < -0.3 is 20.9 Å². The Hall–Kier alpha value is -2.51. The van der Waals surface area contributed by atoms with Crippen molar-refractivity contribution in [3.05, 3.63) is 53.6 Å². The van der Waals surface area contributed by atoms with E-state index in [-0.39, 0.29) is 11.3 Å². The summed E-state index contributed by atoms with van der Waals surface area (Å²) in [6.45, 7) is 1.79. The highest BCUT2D eigenvalue weighted by Gasteiger charge is 2.32. The summed E-state index contributed by atoms with van der Waals surface area (Å²) in [7, 11) is 0. The quantitative estimate of drug-likeness (QED) is 0.726. The molecular weight excluding hydrogens is 337 g/mol. The molecule has 2 aromatic rings. The Morgan fingerprint density at radius 1 is 1.35 bits per heavy atom. The minimum Gasteiger partial charge on any atom is -0.456 e. The Morgan fingerprint density at radius 3 is 2.92 bits per heavy atom. The lowest BCUT2D eigenvalue weighted by Gasteiger charge is -2.32. The number of nitrogens with one attached hydrogen (secondary N) is 1. The average Bonchev–Trinajstić information content (AvgIpc) is 2.62. The van der Waals surface area contributed by atoms with Crippen molar-refractivity contribution >= 4 is 17.3 Å². The lowest BCUT2D eigenvalue weighted by molar-refractivity contribution is -0.0437.